The minimum absolute atomic E-state index is 0.190. The molecule has 0 spiro atoms. The molecule has 1 fully saturated rings. The predicted molar refractivity (Wildman–Crippen MR) is 196 cm³/mol. The summed E-state index contributed by atoms with van der Waals surface area (Å²) in [5, 5.41) is 22.1. The Hall–Kier alpha value is -4.44. The second-order valence-corrected chi connectivity index (χ2v) is 13.5. The fraction of sp³-hybridized carbons (Fsp3) is 0.429. The van der Waals surface area contributed by atoms with E-state index in [2.05, 4.69) is 13.8 Å². The lowest BCUT2D eigenvalue weighted by Gasteiger charge is -2.24. The summed E-state index contributed by atoms with van der Waals surface area (Å²) < 4.78 is 41.5. The number of hydrogen-bond acceptors (Lipinski definition) is 9. The van der Waals surface area contributed by atoms with Crippen molar-refractivity contribution in [2.75, 3.05) is 28.4 Å². The molecule has 0 radical (unpaired) electrons. The van der Waals surface area contributed by atoms with Gasteiger partial charge in [0.05, 0.1) is 40.6 Å². The highest BCUT2D eigenvalue weighted by Crippen LogP contribution is 2.51. The number of methoxy groups -OCH3 is 4. The Morgan fingerprint density at radius 2 is 0.863 bits per heavy atom. The maximum absolute atomic E-state index is 11.1. The monoisotopic (exact) mass is 700 g/mol. The first-order valence-electron chi connectivity index (χ1n) is 17.4. The highest BCUT2D eigenvalue weighted by Gasteiger charge is 2.41. The van der Waals surface area contributed by atoms with Gasteiger partial charge in [0.15, 0.2) is 23.0 Å². The quantitative estimate of drug-likeness (QED) is 0.134. The third kappa shape index (κ3) is 8.06. The molecule has 1 unspecified atom stereocenters. The summed E-state index contributed by atoms with van der Waals surface area (Å²) in [5.41, 5.74) is 5.32. The molecule has 1 aliphatic heterocycles. The molecule has 0 aliphatic carbocycles. The zero-order valence-corrected chi connectivity index (χ0v) is 31.3. The van der Waals surface area contributed by atoms with E-state index in [9.17, 15) is 10.2 Å². The molecule has 5 rings (SSSR count). The Labute approximate surface area is 302 Å². The molecule has 8 atom stereocenters. The second kappa shape index (κ2) is 16.3. The van der Waals surface area contributed by atoms with Crippen LogP contribution in [0.15, 0.2) is 72.8 Å². The lowest BCUT2D eigenvalue weighted by atomic mass is 9.85. The Balaban J connectivity index is 1.28. The summed E-state index contributed by atoms with van der Waals surface area (Å²) in [6.45, 7) is 11.9. The molecule has 0 amide bonds. The zero-order valence-electron chi connectivity index (χ0n) is 31.3. The van der Waals surface area contributed by atoms with Gasteiger partial charge < -0.3 is 43.4 Å². The molecular formula is C42H52O9. The number of aryl methyl sites for hydroxylation is 2. The summed E-state index contributed by atoms with van der Waals surface area (Å²) in [4.78, 5) is 0. The maximum Gasteiger partial charge on any atom is 0.161 e. The molecule has 0 saturated carbocycles. The molecule has 1 saturated heterocycles. The molecular weight excluding hydrogens is 648 g/mol. The van der Waals surface area contributed by atoms with Crippen LogP contribution in [0, 0.1) is 25.7 Å². The van der Waals surface area contributed by atoms with E-state index in [0.717, 1.165) is 44.9 Å². The van der Waals surface area contributed by atoms with Crippen LogP contribution in [0.4, 0.5) is 0 Å². The average molecular weight is 701 g/mol. The third-order valence-electron chi connectivity index (χ3n) is 10.1. The molecule has 1 aliphatic rings. The second-order valence-electron chi connectivity index (χ2n) is 13.5. The fourth-order valence-electron chi connectivity index (χ4n) is 6.88. The lowest BCUT2D eigenvalue weighted by molar-refractivity contribution is 0.0281. The SMILES string of the molecule is COc1ccc([C@H](O)[C@@H](C)Oc2ccc(C3O[C@H](c4ccc(O[C@H](C)[C@@H](O)c5ccc(OC)c(C)c5)c(OC)c4)[C@H](C)[C@H]3C)cc2OC)cc1C. The van der Waals surface area contributed by atoms with E-state index < -0.39 is 24.4 Å². The topological polar surface area (TPSA) is 105 Å². The summed E-state index contributed by atoms with van der Waals surface area (Å²) in [7, 11) is 6.48. The predicted octanol–water partition coefficient (Wildman–Crippen LogP) is 8.42. The zero-order chi connectivity index (χ0) is 37.0. The van der Waals surface area contributed by atoms with E-state index in [4.69, 9.17) is 33.2 Å². The number of hydrogen-bond donors (Lipinski definition) is 2. The lowest BCUT2D eigenvalue weighted by Crippen LogP contribution is -2.22. The van der Waals surface area contributed by atoms with Crippen molar-refractivity contribution in [3.8, 4) is 34.5 Å². The Morgan fingerprint density at radius 3 is 1.20 bits per heavy atom. The normalized spacial score (nSPS) is 20.9. The highest BCUT2D eigenvalue weighted by molar-refractivity contribution is 5.46. The smallest absolute Gasteiger partial charge is 0.161 e. The summed E-state index contributed by atoms with van der Waals surface area (Å²) in [6.07, 6.45) is -3.16. The van der Waals surface area contributed by atoms with Gasteiger partial charge in [-0.2, -0.15) is 0 Å². The van der Waals surface area contributed by atoms with E-state index in [0.29, 0.717) is 23.0 Å². The Morgan fingerprint density at radius 1 is 0.510 bits per heavy atom. The van der Waals surface area contributed by atoms with Crippen molar-refractivity contribution < 1.29 is 43.4 Å². The third-order valence-corrected chi connectivity index (χ3v) is 10.1. The van der Waals surface area contributed by atoms with Crippen molar-refractivity contribution in [1.29, 1.82) is 0 Å². The van der Waals surface area contributed by atoms with Crippen LogP contribution < -0.4 is 28.4 Å². The van der Waals surface area contributed by atoms with Gasteiger partial charge in [0.2, 0.25) is 0 Å². The van der Waals surface area contributed by atoms with Crippen molar-refractivity contribution in [2.45, 2.75) is 78.2 Å². The first-order valence-corrected chi connectivity index (χ1v) is 17.4. The Kier molecular flexibility index (Phi) is 12.1. The number of ether oxygens (including phenoxy) is 7. The van der Waals surface area contributed by atoms with Crippen molar-refractivity contribution in [1.82, 2.24) is 0 Å². The van der Waals surface area contributed by atoms with Crippen LogP contribution >= 0.6 is 0 Å². The molecule has 1 heterocycles. The van der Waals surface area contributed by atoms with Crippen molar-refractivity contribution >= 4 is 0 Å². The molecule has 2 N–H and O–H groups in total. The molecule has 0 bridgehead atoms. The van der Waals surface area contributed by atoms with E-state index in [1.807, 2.05) is 100 Å². The first-order chi connectivity index (χ1) is 24.4. The summed E-state index contributed by atoms with van der Waals surface area (Å²) in [6, 6.07) is 22.9. The van der Waals surface area contributed by atoms with E-state index in [1.54, 1.807) is 28.4 Å². The number of aliphatic hydroxyl groups is 2. The number of aliphatic hydroxyl groups excluding tert-OH is 2. The minimum Gasteiger partial charge on any atom is -0.496 e. The number of rotatable bonds is 14. The molecule has 274 valence electrons. The van der Waals surface area contributed by atoms with Gasteiger partial charge in [-0.15, -0.1) is 0 Å². The standard InChI is InChI=1S/C42H52O9/c1-23-19-29(11-15-33(23)45-7)39(43)27(5)49-35-17-13-31(21-37(35)47-9)41-25(3)26(4)42(51-41)32-14-18-36(38(22-32)48-10)50-28(6)40(44)30-12-16-34(46-8)24(2)20-30/h11-22,25-28,39-44H,1-10H3/t25-,26-,27-,28-,39-,40-,41+,42?/m1/s1. The Bertz CT molecular complexity index is 1660. The molecule has 4 aromatic rings. The van der Waals surface area contributed by atoms with Gasteiger partial charge in [-0.3, -0.25) is 0 Å². The van der Waals surface area contributed by atoms with Crippen LogP contribution in [0.1, 0.15) is 85.5 Å². The minimum atomic E-state index is -0.849. The summed E-state index contributed by atoms with van der Waals surface area (Å²) >= 11 is 0. The average Bonchev–Trinajstić information content (AvgIpc) is 3.44. The maximum atomic E-state index is 11.1. The van der Waals surface area contributed by atoms with Gasteiger partial charge in [0.1, 0.15) is 35.9 Å². The van der Waals surface area contributed by atoms with Gasteiger partial charge in [0.25, 0.3) is 0 Å². The largest absolute Gasteiger partial charge is 0.496 e. The molecule has 9 heteroatoms. The van der Waals surface area contributed by atoms with Crippen LogP contribution in [0.5, 0.6) is 34.5 Å². The van der Waals surface area contributed by atoms with Gasteiger partial charge >= 0.3 is 0 Å². The van der Waals surface area contributed by atoms with E-state index in [-0.39, 0.29) is 24.0 Å². The van der Waals surface area contributed by atoms with Crippen molar-refractivity contribution in [3.63, 3.8) is 0 Å². The van der Waals surface area contributed by atoms with Gasteiger partial charge in [0, 0.05) is 0 Å². The highest BCUT2D eigenvalue weighted by atomic mass is 16.5. The van der Waals surface area contributed by atoms with Crippen LogP contribution in [-0.4, -0.2) is 50.9 Å². The van der Waals surface area contributed by atoms with E-state index >= 15 is 0 Å². The van der Waals surface area contributed by atoms with Crippen molar-refractivity contribution in [3.05, 3.63) is 106 Å². The molecule has 9 nitrogen and oxygen atoms in total. The first kappa shape index (κ1) is 37.8. The summed E-state index contributed by atoms with van der Waals surface area (Å²) in [5.74, 6) is 4.12. The van der Waals surface area contributed by atoms with Gasteiger partial charge in [-0.05, 0) is 121 Å². The number of benzene rings is 4. The van der Waals surface area contributed by atoms with Gasteiger partial charge in [-0.25, -0.2) is 0 Å². The molecule has 51 heavy (non-hydrogen) atoms. The van der Waals surface area contributed by atoms with Crippen LogP contribution in [0.25, 0.3) is 0 Å². The van der Waals surface area contributed by atoms with Crippen LogP contribution in [-0.2, 0) is 4.74 Å². The van der Waals surface area contributed by atoms with Gasteiger partial charge in [-0.1, -0.05) is 38.1 Å². The fourth-order valence-corrected chi connectivity index (χ4v) is 6.88. The van der Waals surface area contributed by atoms with Crippen LogP contribution in [0.2, 0.25) is 0 Å². The molecule has 0 aromatic heterocycles. The molecule has 4 aromatic carbocycles. The van der Waals surface area contributed by atoms with E-state index in [1.165, 1.54) is 0 Å². The van der Waals surface area contributed by atoms with Crippen molar-refractivity contribution in [2.24, 2.45) is 11.8 Å². The van der Waals surface area contributed by atoms with Crippen LogP contribution in [0.3, 0.4) is 0 Å².